The molecule has 2 heterocycles. The number of carboxylic acid groups (broad SMARTS) is 1. The van der Waals surface area contributed by atoms with Gasteiger partial charge in [0.1, 0.15) is 9.77 Å². The Morgan fingerprint density at radius 2 is 2.29 bits per heavy atom. The highest BCUT2D eigenvalue weighted by atomic mass is 32.2. The van der Waals surface area contributed by atoms with Crippen LogP contribution in [0.3, 0.4) is 0 Å². The van der Waals surface area contributed by atoms with Gasteiger partial charge < -0.3 is 9.84 Å². The SMILES string of the molecule is CCOC1CCCN(S(=O)(=O)c2c(C)csc2C(=O)O)C1. The van der Waals surface area contributed by atoms with Gasteiger partial charge in [-0.15, -0.1) is 11.3 Å². The average Bonchev–Trinajstić information content (AvgIpc) is 2.82. The second-order valence-corrected chi connectivity index (χ2v) is 7.72. The summed E-state index contributed by atoms with van der Waals surface area (Å²) in [7, 11) is -3.79. The van der Waals surface area contributed by atoms with Crippen LogP contribution in [0, 0.1) is 6.92 Å². The molecule has 6 nitrogen and oxygen atoms in total. The predicted octanol–water partition coefficient (Wildman–Crippen LogP) is 1.94. The van der Waals surface area contributed by atoms with E-state index >= 15 is 0 Å². The standard InChI is InChI=1S/C13H19NO5S2/c1-3-19-10-5-4-6-14(7-10)21(17,18)12-9(2)8-20-11(12)13(15)16/h8,10H,3-7H2,1-2H3,(H,15,16). The first kappa shape index (κ1) is 16.4. The highest BCUT2D eigenvalue weighted by molar-refractivity contribution is 7.89. The van der Waals surface area contributed by atoms with Crippen LogP contribution in [0.25, 0.3) is 0 Å². The van der Waals surface area contributed by atoms with Crippen molar-refractivity contribution in [2.24, 2.45) is 0 Å². The zero-order valence-corrected chi connectivity index (χ0v) is 13.7. The van der Waals surface area contributed by atoms with Crippen LogP contribution in [-0.2, 0) is 14.8 Å². The molecule has 0 amide bonds. The van der Waals surface area contributed by atoms with Crippen LogP contribution < -0.4 is 0 Å². The number of aryl methyl sites for hydroxylation is 1. The number of nitrogens with zero attached hydrogens (tertiary/aromatic N) is 1. The lowest BCUT2D eigenvalue weighted by Crippen LogP contribution is -2.43. The lowest BCUT2D eigenvalue weighted by molar-refractivity contribution is 0.0265. The summed E-state index contributed by atoms with van der Waals surface area (Å²) >= 11 is 0.950. The third-order valence-electron chi connectivity index (χ3n) is 3.45. The van der Waals surface area contributed by atoms with E-state index in [0.29, 0.717) is 18.7 Å². The minimum absolute atomic E-state index is 0.0721. The molecule has 0 bridgehead atoms. The fourth-order valence-corrected chi connectivity index (χ4v) is 5.62. The van der Waals surface area contributed by atoms with Crippen LogP contribution in [0.1, 0.15) is 35.0 Å². The van der Waals surface area contributed by atoms with Gasteiger partial charge in [-0.05, 0) is 37.6 Å². The summed E-state index contributed by atoms with van der Waals surface area (Å²) in [5, 5.41) is 10.7. The molecule has 8 heteroatoms. The van der Waals surface area contributed by atoms with Crippen molar-refractivity contribution in [3.63, 3.8) is 0 Å². The van der Waals surface area contributed by atoms with Gasteiger partial charge in [0.2, 0.25) is 10.0 Å². The maximum Gasteiger partial charge on any atom is 0.347 e. The molecule has 1 unspecified atom stereocenters. The number of rotatable bonds is 5. The summed E-state index contributed by atoms with van der Waals surface area (Å²) in [5.41, 5.74) is 0.482. The van der Waals surface area contributed by atoms with Gasteiger partial charge in [0.15, 0.2) is 0 Å². The molecule has 0 aliphatic carbocycles. The Morgan fingerprint density at radius 1 is 1.57 bits per heavy atom. The van der Waals surface area contributed by atoms with E-state index in [0.717, 1.165) is 24.2 Å². The number of carboxylic acids is 1. The minimum atomic E-state index is -3.79. The first-order valence-corrected chi connectivity index (χ1v) is 9.13. The van der Waals surface area contributed by atoms with E-state index in [1.807, 2.05) is 6.92 Å². The van der Waals surface area contributed by atoms with Gasteiger partial charge in [-0.25, -0.2) is 13.2 Å². The average molecular weight is 333 g/mol. The van der Waals surface area contributed by atoms with Crippen molar-refractivity contribution in [3.05, 3.63) is 15.8 Å². The van der Waals surface area contributed by atoms with Crippen molar-refractivity contribution in [3.8, 4) is 0 Å². The molecule has 1 N–H and O–H groups in total. The monoisotopic (exact) mass is 333 g/mol. The molecule has 0 saturated carbocycles. The number of ether oxygens (including phenoxy) is 1. The molecule has 1 aromatic heterocycles. The van der Waals surface area contributed by atoms with Gasteiger partial charge in [-0.2, -0.15) is 4.31 Å². The highest BCUT2D eigenvalue weighted by Gasteiger charge is 2.35. The molecule has 1 aliphatic heterocycles. The second-order valence-electron chi connectivity index (χ2n) is 4.96. The molecule has 1 atom stereocenters. The van der Waals surface area contributed by atoms with Crippen molar-refractivity contribution in [2.75, 3.05) is 19.7 Å². The Kier molecular flexibility index (Phi) is 5.03. The van der Waals surface area contributed by atoms with E-state index in [-0.39, 0.29) is 22.4 Å². The largest absolute Gasteiger partial charge is 0.477 e. The minimum Gasteiger partial charge on any atom is -0.477 e. The number of thiophene rings is 1. The number of hydrogen-bond acceptors (Lipinski definition) is 5. The molecule has 1 aliphatic rings. The smallest absolute Gasteiger partial charge is 0.347 e. The molecule has 1 fully saturated rings. The van der Waals surface area contributed by atoms with Crippen molar-refractivity contribution >= 4 is 27.3 Å². The zero-order chi connectivity index (χ0) is 15.6. The summed E-state index contributed by atoms with van der Waals surface area (Å²) in [4.78, 5) is 11.0. The predicted molar refractivity (Wildman–Crippen MR) is 79.4 cm³/mol. The van der Waals surface area contributed by atoms with Gasteiger partial charge in [-0.1, -0.05) is 0 Å². The Bertz CT molecular complexity index is 621. The Balaban J connectivity index is 2.34. The molecular weight excluding hydrogens is 314 g/mol. The maximum atomic E-state index is 12.8. The molecule has 2 rings (SSSR count). The van der Waals surface area contributed by atoms with Crippen molar-refractivity contribution < 1.29 is 23.1 Å². The first-order chi connectivity index (χ1) is 9.87. The lowest BCUT2D eigenvalue weighted by atomic mass is 10.1. The van der Waals surface area contributed by atoms with Gasteiger partial charge in [0.05, 0.1) is 6.10 Å². The van der Waals surface area contributed by atoms with Crippen LogP contribution in [0.5, 0.6) is 0 Å². The van der Waals surface area contributed by atoms with Crippen LogP contribution in [0.4, 0.5) is 0 Å². The van der Waals surface area contributed by atoms with Crippen LogP contribution in [0.2, 0.25) is 0 Å². The molecule has 0 spiro atoms. The highest BCUT2D eigenvalue weighted by Crippen LogP contribution is 2.31. The molecule has 0 radical (unpaired) electrons. The van der Waals surface area contributed by atoms with Crippen LogP contribution >= 0.6 is 11.3 Å². The number of sulfonamides is 1. The fourth-order valence-electron chi connectivity index (χ4n) is 2.53. The quantitative estimate of drug-likeness (QED) is 0.890. The number of aromatic carboxylic acids is 1. The van der Waals surface area contributed by atoms with E-state index in [9.17, 15) is 18.3 Å². The topological polar surface area (TPSA) is 83.9 Å². The molecule has 1 saturated heterocycles. The van der Waals surface area contributed by atoms with E-state index in [1.165, 1.54) is 4.31 Å². The van der Waals surface area contributed by atoms with Crippen molar-refractivity contribution in [2.45, 2.75) is 37.7 Å². The Hall–Kier alpha value is -0.960. The number of carbonyl (C=O) groups is 1. The zero-order valence-electron chi connectivity index (χ0n) is 12.0. The molecule has 1 aromatic rings. The third kappa shape index (κ3) is 3.28. The van der Waals surface area contributed by atoms with Gasteiger partial charge in [0.25, 0.3) is 0 Å². The van der Waals surface area contributed by atoms with Gasteiger partial charge >= 0.3 is 5.97 Å². The van der Waals surface area contributed by atoms with Crippen LogP contribution in [0.15, 0.2) is 10.3 Å². The molecule has 118 valence electrons. The van der Waals surface area contributed by atoms with E-state index in [1.54, 1.807) is 12.3 Å². The summed E-state index contributed by atoms with van der Waals surface area (Å²) < 4.78 is 32.4. The Morgan fingerprint density at radius 3 is 2.90 bits per heavy atom. The summed E-state index contributed by atoms with van der Waals surface area (Å²) in [6.07, 6.45) is 1.43. The van der Waals surface area contributed by atoms with Gasteiger partial charge in [0, 0.05) is 19.7 Å². The van der Waals surface area contributed by atoms with E-state index in [2.05, 4.69) is 0 Å². The summed E-state index contributed by atoms with van der Waals surface area (Å²) in [6.45, 7) is 4.72. The maximum absolute atomic E-state index is 12.8. The van der Waals surface area contributed by atoms with Gasteiger partial charge in [-0.3, -0.25) is 0 Å². The summed E-state index contributed by atoms with van der Waals surface area (Å²) in [6, 6.07) is 0. The Labute approximate surface area is 128 Å². The van der Waals surface area contributed by atoms with Crippen LogP contribution in [-0.4, -0.2) is 49.6 Å². The summed E-state index contributed by atoms with van der Waals surface area (Å²) in [5.74, 6) is -1.20. The van der Waals surface area contributed by atoms with Crippen molar-refractivity contribution in [1.82, 2.24) is 4.31 Å². The third-order valence-corrected chi connectivity index (χ3v) is 6.72. The number of hydrogen-bond donors (Lipinski definition) is 1. The fraction of sp³-hybridized carbons (Fsp3) is 0.615. The second kappa shape index (κ2) is 6.43. The van der Waals surface area contributed by atoms with Crippen molar-refractivity contribution in [1.29, 1.82) is 0 Å². The molecular formula is C13H19NO5S2. The van der Waals surface area contributed by atoms with E-state index < -0.39 is 16.0 Å². The first-order valence-electron chi connectivity index (χ1n) is 6.81. The molecule has 0 aromatic carbocycles. The molecule has 21 heavy (non-hydrogen) atoms. The normalized spacial score (nSPS) is 20.6. The van der Waals surface area contributed by atoms with E-state index in [4.69, 9.17) is 4.74 Å². The number of piperidine rings is 1. The lowest BCUT2D eigenvalue weighted by Gasteiger charge is -2.31.